The molecule has 1 aromatic heterocycles. The van der Waals surface area contributed by atoms with Crippen LogP contribution in [0.5, 0.6) is 5.75 Å². The first-order valence-electron chi connectivity index (χ1n) is 7.85. The van der Waals surface area contributed by atoms with E-state index in [0.717, 1.165) is 11.1 Å². The molecule has 8 heteroatoms. The zero-order valence-corrected chi connectivity index (χ0v) is 15.6. The lowest BCUT2D eigenvalue weighted by molar-refractivity contribution is -0.115. The molecule has 0 aliphatic rings. The minimum absolute atomic E-state index is 0.192. The number of nitrogens with zero attached hydrogens (tertiary/aromatic N) is 2. The number of thioether (sulfide) groups is 1. The molecule has 0 aliphatic carbocycles. The van der Waals surface area contributed by atoms with Crippen molar-refractivity contribution in [2.75, 3.05) is 12.4 Å². The zero-order chi connectivity index (χ0) is 18.4. The van der Waals surface area contributed by atoms with Gasteiger partial charge < -0.3 is 4.74 Å². The standard InChI is InChI=1S/C18H17ClN4O2S/c1-25-15-5-3-2-4-13(15)10-16(24)20-17-21-18(23-22-17)26-11-12-6-8-14(19)9-7-12/h2-9H,10-11H2,1H3,(H2,20,21,22,23,24). The highest BCUT2D eigenvalue weighted by Crippen LogP contribution is 2.22. The number of amides is 1. The van der Waals surface area contributed by atoms with Crippen molar-refractivity contribution in [2.45, 2.75) is 17.3 Å². The maximum atomic E-state index is 12.2. The molecule has 0 saturated carbocycles. The van der Waals surface area contributed by atoms with E-state index in [0.29, 0.717) is 27.6 Å². The average Bonchev–Trinajstić information content (AvgIpc) is 3.09. The zero-order valence-electron chi connectivity index (χ0n) is 14.0. The Labute approximate surface area is 160 Å². The van der Waals surface area contributed by atoms with E-state index >= 15 is 0 Å². The van der Waals surface area contributed by atoms with Crippen LogP contribution in [0, 0.1) is 0 Å². The van der Waals surface area contributed by atoms with Crippen molar-refractivity contribution in [2.24, 2.45) is 0 Å². The fraction of sp³-hybridized carbons (Fsp3) is 0.167. The van der Waals surface area contributed by atoms with Crippen LogP contribution in [0.1, 0.15) is 11.1 Å². The Morgan fingerprint density at radius 1 is 1.23 bits per heavy atom. The van der Waals surface area contributed by atoms with Gasteiger partial charge in [0, 0.05) is 16.3 Å². The van der Waals surface area contributed by atoms with Gasteiger partial charge in [-0.25, -0.2) is 5.10 Å². The summed E-state index contributed by atoms with van der Waals surface area (Å²) < 4.78 is 5.25. The Balaban J connectivity index is 1.54. The molecule has 1 heterocycles. The number of aromatic nitrogens is 3. The molecule has 0 unspecified atom stereocenters. The number of para-hydroxylation sites is 1. The predicted octanol–water partition coefficient (Wildman–Crippen LogP) is 3.94. The maximum Gasteiger partial charge on any atom is 0.231 e. The van der Waals surface area contributed by atoms with Gasteiger partial charge in [0.1, 0.15) is 5.75 Å². The molecule has 6 nitrogen and oxygen atoms in total. The Morgan fingerprint density at radius 3 is 2.77 bits per heavy atom. The lowest BCUT2D eigenvalue weighted by Gasteiger charge is -2.07. The minimum Gasteiger partial charge on any atom is -0.496 e. The van der Waals surface area contributed by atoms with E-state index in [-0.39, 0.29) is 12.3 Å². The number of hydrogen-bond acceptors (Lipinski definition) is 5. The highest BCUT2D eigenvalue weighted by Gasteiger charge is 2.11. The fourth-order valence-corrected chi connectivity index (χ4v) is 3.17. The quantitative estimate of drug-likeness (QED) is 0.599. The molecule has 0 spiro atoms. The van der Waals surface area contributed by atoms with Crippen molar-refractivity contribution < 1.29 is 9.53 Å². The second-order valence-corrected chi connectivity index (χ2v) is 6.80. The highest BCUT2D eigenvalue weighted by molar-refractivity contribution is 7.98. The van der Waals surface area contributed by atoms with Crippen molar-refractivity contribution in [3.8, 4) is 5.75 Å². The number of aromatic amines is 1. The molecule has 0 aliphatic heterocycles. The molecule has 26 heavy (non-hydrogen) atoms. The largest absolute Gasteiger partial charge is 0.496 e. The first kappa shape index (κ1) is 18.3. The van der Waals surface area contributed by atoms with Gasteiger partial charge >= 0.3 is 0 Å². The van der Waals surface area contributed by atoms with E-state index in [1.54, 1.807) is 7.11 Å². The average molecular weight is 389 g/mol. The molecule has 1 amide bonds. The molecule has 3 aromatic rings. The van der Waals surface area contributed by atoms with Gasteiger partial charge in [-0.2, -0.15) is 4.98 Å². The van der Waals surface area contributed by atoms with Crippen molar-refractivity contribution in [1.29, 1.82) is 0 Å². The molecule has 3 rings (SSSR count). The van der Waals surface area contributed by atoms with Crippen LogP contribution in [0.3, 0.4) is 0 Å². The minimum atomic E-state index is -0.195. The summed E-state index contributed by atoms with van der Waals surface area (Å²) in [4.78, 5) is 16.5. The second kappa shape index (κ2) is 8.73. The predicted molar refractivity (Wildman–Crippen MR) is 103 cm³/mol. The van der Waals surface area contributed by atoms with Gasteiger partial charge in [-0.1, -0.05) is 53.7 Å². The number of hydrogen-bond donors (Lipinski definition) is 2. The van der Waals surface area contributed by atoms with Crippen molar-refractivity contribution in [1.82, 2.24) is 15.2 Å². The number of H-pyrrole nitrogens is 1. The first-order valence-corrected chi connectivity index (χ1v) is 9.22. The van der Waals surface area contributed by atoms with Gasteiger partial charge in [-0.15, -0.1) is 5.10 Å². The van der Waals surface area contributed by atoms with Crippen LogP contribution in [0.25, 0.3) is 0 Å². The van der Waals surface area contributed by atoms with Crippen LogP contribution in [0.4, 0.5) is 5.95 Å². The van der Waals surface area contributed by atoms with Gasteiger partial charge in [0.15, 0.2) is 0 Å². The van der Waals surface area contributed by atoms with E-state index in [4.69, 9.17) is 16.3 Å². The summed E-state index contributed by atoms with van der Waals surface area (Å²) in [5.41, 5.74) is 1.93. The third kappa shape index (κ3) is 5.00. The van der Waals surface area contributed by atoms with Crippen LogP contribution >= 0.6 is 23.4 Å². The molecule has 2 aromatic carbocycles. The van der Waals surface area contributed by atoms with Gasteiger partial charge in [-0.3, -0.25) is 10.1 Å². The summed E-state index contributed by atoms with van der Waals surface area (Å²) >= 11 is 7.34. The number of benzene rings is 2. The third-order valence-corrected chi connectivity index (χ3v) is 4.72. The third-order valence-electron chi connectivity index (χ3n) is 3.55. The monoisotopic (exact) mass is 388 g/mol. The number of anilines is 1. The lowest BCUT2D eigenvalue weighted by Crippen LogP contribution is -2.15. The van der Waals surface area contributed by atoms with Crippen LogP contribution in [0.2, 0.25) is 5.02 Å². The van der Waals surface area contributed by atoms with Crippen molar-refractivity contribution >= 4 is 35.2 Å². The van der Waals surface area contributed by atoms with E-state index in [2.05, 4.69) is 20.5 Å². The molecule has 0 atom stereocenters. The molecule has 0 fully saturated rings. The number of ether oxygens (including phenoxy) is 1. The molecule has 134 valence electrons. The highest BCUT2D eigenvalue weighted by atomic mass is 35.5. The molecular formula is C18H17ClN4O2S. The summed E-state index contributed by atoms with van der Waals surface area (Å²) in [7, 11) is 1.58. The number of nitrogens with one attached hydrogen (secondary N) is 2. The number of methoxy groups -OCH3 is 1. The number of halogens is 1. The molecule has 0 saturated heterocycles. The Hall–Kier alpha value is -2.51. The SMILES string of the molecule is COc1ccccc1CC(=O)Nc1nc(SCc2ccc(Cl)cc2)n[nH]1. The Kier molecular flexibility index (Phi) is 6.14. The summed E-state index contributed by atoms with van der Waals surface area (Å²) in [6.07, 6.45) is 0.192. The number of carbonyl (C=O) groups is 1. The summed E-state index contributed by atoms with van der Waals surface area (Å²) in [5, 5.41) is 10.8. The smallest absolute Gasteiger partial charge is 0.231 e. The lowest BCUT2D eigenvalue weighted by atomic mass is 10.1. The van der Waals surface area contributed by atoms with E-state index in [1.807, 2.05) is 48.5 Å². The number of rotatable bonds is 7. The second-order valence-electron chi connectivity index (χ2n) is 5.42. The van der Waals surface area contributed by atoms with E-state index in [1.165, 1.54) is 11.8 Å². The van der Waals surface area contributed by atoms with E-state index < -0.39 is 0 Å². The van der Waals surface area contributed by atoms with Gasteiger partial charge in [0.25, 0.3) is 0 Å². The van der Waals surface area contributed by atoms with Crippen LogP contribution in [0.15, 0.2) is 53.7 Å². The van der Waals surface area contributed by atoms with Crippen molar-refractivity contribution in [3.63, 3.8) is 0 Å². The maximum absolute atomic E-state index is 12.2. The molecule has 0 bridgehead atoms. The summed E-state index contributed by atoms with van der Waals surface area (Å²) in [6.45, 7) is 0. The Bertz CT molecular complexity index is 883. The fourth-order valence-electron chi connectivity index (χ4n) is 2.29. The first-order chi connectivity index (χ1) is 12.6. The van der Waals surface area contributed by atoms with Crippen LogP contribution in [-0.2, 0) is 17.0 Å². The molecule has 0 radical (unpaired) electrons. The van der Waals surface area contributed by atoms with Gasteiger partial charge in [-0.05, 0) is 23.8 Å². The van der Waals surface area contributed by atoms with Gasteiger partial charge in [0.05, 0.1) is 13.5 Å². The van der Waals surface area contributed by atoms with Gasteiger partial charge in [0.2, 0.25) is 17.0 Å². The van der Waals surface area contributed by atoms with Crippen LogP contribution in [-0.4, -0.2) is 28.2 Å². The summed E-state index contributed by atoms with van der Waals surface area (Å²) in [6, 6.07) is 15.0. The molecule has 2 N–H and O–H groups in total. The molecular weight excluding hydrogens is 372 g/mol. The number of carbonyl (C=O) groups excluding carboxylic acids is 1. The summed E-state index contributed by atoms with van der Waals surface area (Å²) in [5.74, 6) is 1.52. The van der Waals surface area contributed by atoms with Crippen LogP contribution < -0.4 is 10.1 Å². The topological polar surface area (TPSA) is 79.9 Å². The normalized spacial score (nSPS) is 10.5. The Morgan fingerprint density at radius 2 is 2.00 bits per heavy atom. The van der Waals surface area contributed by atoms with E-state index in [9.17, 15) is 4.79 Å². The van der Waals surface area contributed by atoms with Crippen molar-refractivity contribution in [3.05, 3.63) is 64.7 Å².